The molecule has 64 valence electrons. The fourth-order valence-electron chi connectivity index (χ4n) is 1.40. The van der Waals surface area contributed by atoms with Crippen LogP contribution in [-0.4, -0.2) is 21.0 Å². The van der Waals surface area contributed by atoms with Crippen LogP contribution in [0.1, 0.15) is 36.3 Å². The van der Waals surface area contributed by atoms with Gasteiger partial charge < -0.3 is 0 Å². The van der Waals surface area contributed by atoms with E-state index in [1.807, 2.05) is 0 Å². The van der Waals surface area contributed by atoms with Crippen molar-refractivity contribution in [3.8, 4) is 0 Å². The van der Waals surface area contributed by atoms with Crippen molar-refractivity contribution in [2.24, 2.45) is 5.92 Å². The highest BCUT2D eigenvalue weighted by Crippen LogP contribution is 2.29. The predicted octanol–water partition coefficient (Wildman–Crippen LogP) is 1.18. The summed E-state index contributed by atoms with van der Waals surface area (Å²) in [7, 11) is 0. The van der Waals surface area contributed by atoms with E-state index in [0.29, 0.717) is 18.2 Å². The van der Waals surface area contributed by atoms with Gasteiger partial charge in [-0.25, -0.2) is 4.98 Å². The zero-order valence-corrected chi connectivity index (χ0v) is 6.79. The van der Waals surface area contributed by atoms with Crippen LogP contribution >= 0.6 is 0 Å². The lowest BCUT2D eigenvalue weighted by molar-refractivity contribution is 0.0926. The summed E-state index contributed by atoms with van der Waals surface area (Å²) in [5.74, 6) is 1.10. The van der Waals surface area contributed by atoms with Gasteiger partial charge in [-0.2, -0.15) is 5.10 Å². The molecule has 1 fully saturated rings. The Kier molecular flexibility index (Phi) is 1.89. The second kappa shape index (κ2) is 3.05. The molecule has 0 bridgehead atoms. The third-order valence-corrected chi connectivity index (χ3v) is 2.38. The summed E-state index contributed by atoms with van der Waals surface area (Å²) in [5, 5.41) is 6.22. The molecule has 0 aliphatic heterocycles. The van der Waals surface area contributed by atoms with E-state index in [9.17, 15) is 4.79 Å². The molecule has 4 heteroatoms. The van der Waals surface area contributed by atoms with E-state index in [4.69, 9.17) is 0 Å². The lowest BCUT2D eigenvalue weighted by atomic mass is 9.82. The molecule has 1 aromatic rings. The van der Waals surface area contributed by atoms with Crippen LogP contribution in [0.3, 0.4) is 0 Å². The zero-order valence-electron chi connectivity index (χ0n) is 6.79. The van der Waals surface area contributed by atoms with Crippen LogP contribution in [0.2, 0.25) is 0 Å². The van der Waals surface area contributed by atoms with Crippen molar-refractivity contribution in [2.75, 3.05) is 0 Å². The molecule has 1 aromatic heterocycles. The number of hydrogen-bond donors (Lipinski definition) is 1. The van der Waals surface area contributed by atoms with E-state index in [1.54, 1.807) is 0 Å². The maximum absolute atomic E-state index is 11.4. The van der Waals surface area contributed by atoms with Crippen molar-refractivity contribution in [3.05, 3.63) is 12.2 Å². The first kappa shape index (κ1) is 7.46. The number of aromatic nitrogens is 3. The Morgan fingerprint density at radius 2 is 2.50 bits per heavy atom. The van der Waals surface area contributed by atoms with Crippen LogP contribution in [0.5, 0.6) is 0 Å². The molecule has 1 heterocycles. The number of aromatic amines is 1. The summed E-state index contributed by atoms with van der Waals surface area (Å²) >= 11 is 0. The standard InChI is InChI=1S/C8H11N3O/c12-7(4-6-2-1-3-6)8-9-5-10-11-8/h5-6H,1-4H2,(H,9,10,11). The highest BCUT2D eigenvalue weighted by atomic mass is 16.1. The van der Waals surface area contributed by atoms with Crippen molar-refractivity contribution in [2.45, 2.75) is 25.7 Å². The lowest BCUT2D eigenvalue weighted by Gasteiger charge is -2.23. The highest BCUT2D eigenvalue weighted by molar-refractivity contribution is 5.92. The largest absolute Gasteiger partial charge is 0.291 e. The quantitative estimate of drug-likeness (QED) is 0.684. The fourth-order valence-corrected chi connectivity index (χ4v) is 1.40. The lowest BCUT2D eigenvalue weighted by Crippen LogP contribution is -2.16. The normalized spacial score (nSPS) is 17.3. The average Bonchev–Trinajstić information content (AvgIpc) is 2.47. The van der Waals surface area contributed by atoms with Gasteiger partial charge in [0, 0.05) is 6.42 Å². The fraction of sp³-hybridized carbons (Fsp3) is 0.625. The molecule has 1 aliphatic carbocycles. The Labute approximate surface area is 70.4 Å². The Morgan fingerprint density at radius 3 is 3.00 bits per heavy atom. The second-order valence-electron chi connectivity index (χ2n) is 3.26. The molecular formula is C8H11N3O. The van der Waals surface area contributed by atoms with E-state index < -0.39 is 0 Å². The molecule has 1 N–H and O–H groups in total. The topological polar surface area (TPSA) is 58.6 Å². The van der Waals surface area contributed by atoms with E-state index in [1.165, 1.54) is 25.6 Å². The number of nitrogens with one attached hydrogen (secondary N) is 1. The van der Waals surface area contributed by atoms with E-state index in [2.05, 4.69) is 15.2 Å². The monoisotopic (exact) mass is 165 g/mol. The van der Waals surface area contributed by atoms with Crippen LogP contribution in [0.4, 0.5) is 0 Å². The number of hydrogen-bond acceptors (Lipinski definition) is 3. The van der Waals surface area contributed by atoms with Crippen LogP contribution in [0.25, 0.3) is 0 Å². The molecule has 0 spiro atoms. The SMILES string of the molecule is O=C(CC1CCC1)c1ncn[nH]1. The Hall–Kier alpha value is -1.19. The summed E-state index contributed by atoms with van der Waals surface area (Å²) in [5.41, 5.74) is 0. The minimum atomic E-state index is 0.0946. The second-order valence-corrected chi connectivity index (χ2v) is 3.26. The summed E-state index contributed by atoms with van der Waals surface area (Å²) in [6, 6.07) is 0. The minimum Gasteiger partial charge on any atom is -0.291 e. The van der Waals surface area contributed by atoms with Gasteiger partial charge in [-0.05, 0) is 18.8 Å². The molecule has 2 rings (SSSR count). The Balaban J connectivity index is 1.92. The molecular weight excluding hydrogens is 154 g/mol. The number of Topliss-reactive ketones (excluding diaryl/α,β-unsaturated/α-hetero) is 1. The average molecular weight is 165 g/mol. The smallest absolute Gasteiger partial charge is 0.199 e. The zero-order chi connectivity index (χ0) is 8.39. The first-order valence-electron chi connectivity index (χ1n) is 4.25. The molecule has 0 atom stereocenters. The summed E-state index contributed by atoms with van der Waals surface area (Å²) in [6.45, 7) is 0. The molecule has 0 saturated heterocycles. The maximum Gasteiger partial charge on any atom is 0.199 e. The van der Waals surface area contributed by atoms with Gasteiger partial charge >= 0.3 is 0 Å². The van der Waals surface area contributed by atoms with Gasteiger partial charge in [0.15, 0.2) is 11.6 Å². The molecule has 12 heavy (non-hydrogen) atoms. The number of H-pyrrole nitrogens is 1. The third-order valence-electron chi connectivity index (χ3n) is 2.38. The maximum atomic E-state index is 11.4. The van der Waals surface area contributed by atoms with E-state index in [-0.39, 0.29) is 5.78 Å². The third kappa shape index (κ3) is 1.37. The van der Waals surface area contributed by atoms with E-state index >= 15 is 0 Å². The number of ketones is 1. The van der Waals surface area contributed by atoms with Gasteiger partial charge in [0.1, 0.15) is 6.33 Å². The van der Waals surface area contributed by atoms with Crippen molar-refractivity contribution in [1.82, 2.24) is 15.2 Å². The van der Waals surface area contributed by atoms with E-state index in [0.717, 1.165) is 0 Å². The summed E-state index contributed by atoms with van der Waals surface area (Å²) < 4.78 is 0. The van der Waals surface area contributed by atoms with Crippen LogP contribution in [-0.2, 0) is 0 Å². The van der Waals surface area contributed by atoms with Crippen LogP contribution in [0, 0.1) is 5.92 Å². The molecule has 0 unspecified atom stereocenters. The molecule has 0 aromatic carbocycles. The van der Waals surface area contributed by atoms with Crippen molar-refractivity contribution in [1.29, 1.82) is 0 Å². The Morgan fingerprint density at radius 1 is 1.67 bits per heavy atom. The van der Waals surface area contributed by atoms with Gasteiger partial charge in [0.2, 0.25) is 0 Å². The van der Waals surface area contributed by atoms with Gasteiger partial charge in [0.25, 0.3) is 0 Å². The summed E-state index contributed by atoms with van der Waals surface area (Å²) in [4.78, 5) is 15.2. The predicted molar refractivity (Wildman–Crippen MR) is 42.7 cm³/mol. The van der Waals surface area contributed by atoms with Crippen molar-refractivity contribution < 1.29 is 4.79 Å². The van der Waals surface area contributed by atoms with Gasteiger partial charge in [-0.3, -0.25) is 9.89 Å². The first-order chi connectivity index (χ1) is 5.86. The molecule has 4 nitrogen and oxygen atoms in total. The van der Waals surface area contributed by atoms with Gasteiger partial charge in [0.05, 0.1) is 0 Å². The van der Waals surface area contributed by atoms with Gasteiger partial charge in [-0.1, -0.05) is 6.42 Å². The first-order valence-corrected chi connectivity index (χ1v) is 4.25. The molecule has 1 saturated carbocycles. The highest BCUT2D eigenvalue weighted by Gasteiger charge is 2.22. The minimum absolute atomic E-state index is 0.0946. The molecule has 0 radical (unpaired) electrons. The number of nitrogens with zero attached hydrogens (tertiary/aromatic N) is 2. The van der Waals surface area contributed by atoms with Crippen LogP contribution in [0.15, 0.2) is 6.33 Å². The van der Waals surface area contributed by atoms with Crippen LogP contribution < -0.4 is 0 Å². The molecule has 0 amide bonds. The van der Waals surface area contributed by atoms with Gasteiger partial charge in [-0.15, -0.1) is 0 Å². The summed E-state index contributed by atoms with van der Waals surface area (Å²) in [6.07, 6.45) is 5.66. The Bertz CT molecular complexity index is 264. The molecule has 1 aliphatic rings. The number of rotatable bonds is 3. The number of carbonyl (C=O) groups is 1. The van der Waals surface area contributed by atoms with Crippen molar-refractivity contribution >= 4 is 5.78 Å². The van der Waals surface area contributed by atoms with Crippen molar-refractivity contribution in [3.63, 3.8) is 0 Å². The number of carbonyl (C=O) groups excluding carboxylic acids is 1.